The molecule has 0 unspecified atom stereocenters. The largest absolute Gasteiger partial charge is 0.316 e. The van der Waals surface area contributed by atoms with E-state index in [1.165, 1.54) is 11.8 Å². The SMILES string of the molecule is Cc1cc(/C=N/NC(=O)CSc2ccccc2)c(C)n1-c1cccc(Cl)c1Cl. The Balaban J connectivity index is 1.68. The van der Waals surface area contributed by atoms with Crippen LogP contribution in [0.25, 0.3) is 5.69 Å². The number of amides is 1. The van der Waals surface area contributed by atoms with Gasteiger partial charge in [-0.15, -0.1) is 11.8 Å². The van der Waals surface area contributed by atoms with Gasteiger partial charge < -0.3 is 4.57 Å². The molecule has 3 rings (SSSR count). The Morgan fingerprint density at radius 2 is 1.89 bits per heavy atom. The van der Waals surface area contributed by atoms with Crippen molar-refractivity contribution in [1.29, 1.82) is 0 Å². The van der Waals surface area contributed by atoms with Gasteiger partial charge in [0.15, 0.2) is 0 Å². The van der Waals surface area contributed by atoms with E-state index in [-0.39, 0.29) is 5.91 Å². The smallest absolute Gasteiger partial charge is 0.250 e. The first-order valence-corrected chi connectivity index (χ1v) is 10.3. The molecule has 0 aliphatic heterocycles. The lowest BCUT2D eigenvalue weighted by molar-refractivity contribution is -0.118. The van der Waals surface area contributed by atoms with Crippen LogP contribution in [0.15, 0.2) is 64.6 Å². The van der Waals surface area contributed by atoms with Crippen molar-refractivity contribution >= 4 is 47.1 Å². The van der Waals surface area contributed by atoms with Gasteiger partial charge in [-0.2, -0.15) is 5.10 Å². The maximum atomic E-state index is 12.0. The van der Waals surface area contributed by atoms with Crippen LogP contribution in [0.3, 0.4) is 0 Å². The minimum absolute atomic E-state index is 0.156. The monoisotopic (exact) mass is 431 g/mol. The highest BCUT2D eigenvalue weighted by molar-refractivity contribution is 8.00. The van der Waals surface area contributed by atoms with Crippen LogP contribution < -0.4 is 5.43 Å². The van der Waals surface area contributed by atoms with E-state index in [1.807, 2.05) is 66.9 Å². The summed E-state index contributed by atoms with van der Waals surface area (Å²) in [5.41, 5.74) is 6.23. The average Bonchev–Trinajstić information content (AvgIpc) is 2.97. The molecule has 7 heteroatoms. The summed E-state index contributed by atoms with van der Waals surface area (Å²) < 4.78 is 2.02. The van der Waals surface area contributed by atoms with Gasteiger partial charge in [0.1, 0.15) is 0 Å². The van der Waals surface area contributed by atoms with Crippen molar-refractivity contribution in [2.75, 3.05) is 5.75 Å². The number of hydrazone groups is 1. The van der Waals surface area contributed by atoms with Crippen molar-refractivity contribution in [2.24, 2.45) is 5.10 Å². The zero-order valence-corrected chi connectivity index (χ0v) is 17.8. The second-order valence-corrected chi connectivity index (χ2v) is 7.96. The van der Waals surface area contributed by atoms with E-state index in [0.29, 0.717) is 15.8 Å². The molecule has 1 N–H and O–H groups in total. The van der Waals surface area contributed by atoms with Gasteiger partial charge in [0.25, 0.3) is 0 Å². The lowest BCUT2D eigenvalue weighted by Gasteiger charge is -2.12. The summed E-state index contributed by atoms with van der Waals surface area (Å²) in [6.07, 6.45) is 1.64. The van der Waals surface area contributed by atoms with Crippen molar-refractivity contribution in [2.45, 2.75) is 18.7 Å². The summed E-state index contributed by atoms with van der Waals surface area (Å²) in [6.45, 7) is 3.95. The predicted molar refractivity (Wildman–Crippen MR) is 118 cm³/mol. The van der Waals surface area contributed by atoms with Crippen LogP contribution in [0, 0.1) is 13.8 Å². The summed E-state index contributed by atoms with van der Waals surface area (Å²) in [5, 5.41) is 5.10. The molecule has 0 bridgehead atoms. The molecule has 0 spiro atoms. The van der Waals surface area contributed by atoms with Gasteiger partial charge in [-0.1, -0.05) is 47.5 Å². The van der Waals surface area contributed by atoms with Crippen molar-refractivity contribution in [1.82, 2.24) is 9.99 Å². The van der Waals surface area contributed by atoms with Crippen molar-refractivity contribution < 1.29 is 4.79 Å². The number of hydrogen-bond acceptors (Lipinski definition) is 3. The third-order valence-electron chi connectivity index (χ3n) is 4.15. The zero-order valence-electron chi connectivity index (χ0n) is 15.4. The molecule has 4 nitrogen and oxygen atoms in total. The van der Waals surface area contributed by atoms with Crippen LogP contribution in [-0.2, 0) is 4.79 Å². The number of nitrogens with one attached hydrogen (secondary N) is 1. The molecule has 144 valence electrons. The molecule has 0 saturated carbocycles. The van der Waals surface area contributed by atoms with Gasteiger partial charge in [0.05, 0.1) is 27.7 Å². The van der Waals surface area contributed by atoms with Gasteiger partial charge in [0.2, 0.25) is 5.91 Å². The third-order valence-corrected chi connectivity index (χ3v) is 5.97. The number of rotatable bonds is 6. The molecule has 1 heterocycles. The molecule has 0 radical (unpaired) electrons. The summed E-state index contributed by atoms with van der Waals surface area (Å²) in [5.74, 6) is 0.148. The fourth-order valence-corrected chi connectivity index (χ4v) is 3.92. The lowest BCUT2D eigenvalue weighted by atomic mass is 10.2. The number of halogens is 2. The van der Waals surface area contributed by atoms with E-state index < -0.39 is 0 Å². The summed E-state index contributed by atoms with van der Waals surface area (Å²) >= 11 is 14.0. The number of nitrogens with zero attached hydrogens (tertiary/aromatic N) is 2. The maximum absolute atomic E-state index is 12.0. The molecule has 3 aromatic rings. The van der Waals surface area contributed by atoms with Crippen molar-refractivity contribution in [3.05, 3.63) is 81.6 Å². The number of hydrogen-bond donors (Lipinski definition) is 1. The number of aryl methyl sites for hydroxylation is 1. The highest BCUT2D eigenvalue weighted by Gasteiger charge is 2.13. The summed E-state index contributed by atoms with van der Waals surface area (Å²) in [4.78, 5) is 13.0. The van der Waals surface area contributed by atoms with Gasteiger partial charge >= 0.3 is 0 Å². The first-order valence-electron chi connectivity index (χ1n) is 8.60. The quantitative estimate of drug-likeness (QED) is 0.311. The highest BCUT2D eigenvalue weighted by Crippen LogP contribution is 2.31. The van der Waals surface area contributed by atoms with Crippen LogP contribution in [0.5, 0.6) is 0 Å². The Bertz CT molecular complexity index is 1020. The standard InChI is InChI=1S/C21H19Cl2N3OS/c1-14-11-16(15(2)26(14)19-10-6-9-18(22)21(19)23)12-24-25-20(27)13-28-17-7-4-3-5-8-17/h3-12H,13H2,1-2H3,(H,25,27)/b24-12+. The van der Waals surface area contributed by atoms with Crippen LogP contribution in [0.4, 0.5) is 0 Å². The summed E-state index contributed by atoms with van der Waals surface area (Å²) in [6, 6.07) is 17.3. The van der Waals surface area contributed by atoms with E-state index >= 15 is 0 Å². The van der Waals surface area contributed by atoms with Crippen LogP contribution in [0.2, 0.25) is 10.0 Å². The fraction of sp³-hybridized carbons (Fsp3) is 0.143. The van der Waals surface area contributed by atoms with Crippen LogP contribution in [-0.4, -0.2) is 22.4 Å². The molecular weight excluding hydrogens is 413 g/mol. The molecule has 1 amide bonds. The zero-order chi connectivity index (χ0) is 20.1. The number of aromatic nitrogens is 1. The summed E-state index contributed by atoms with van der Waals surface area (Å²) in [7, 11) is 0. The number of benzene rings is 2. The molecule has 0 atom stereocenters. The number of carbonyl (C=O) groups is 1. The van der Waals surface area contributed by atoms with E-state index in [9.17, 15) is 4.79 Å². The Labute approximate surface area is 178 Å². The van der Waals surface area contributed by atoms with Crippen molar-refractivity contribution in [3.8, 4) is 5.69 Å². The first-order chi connectivity index (χ1) is 13.5. The topological polar surface area (TPSA) is 46.4 Å². The van der Waals surface area contributed by atoms with Gasteiger partial charge in [-0.3, -0.25) is 4.79 Å². The minimum atomic E-state index is -0.156. The van der Waals surface area contributed by atoms with E-state index in [4.69, 9.17) is 23.2 Å². The molecule has 0 aliphatic carbocycles. The van der Waals surface area contributed by atoms with E-state index in [2.05, 4.69) is 10.5 Å². The maximum Gasteiger partial charge on any atom is 0.250 e. The van der Waals surface area contributed by atoms with Gasteiger partial charge in [-0.25, -0.2) is 5.43 Å². The molecule has 0 fully saturated rings. The van der Waals surface area contributed by atoms with E-state index in [1.54, 1.807) is 12.3 Å². The Kier molecular flexibility index (Phi) is 6.83. The van der Waals surface area contributed by atoms with Gasteiger partial charge in [0, 0.05) is 21.8 Å². The minimum Gasteiger partial charge on any atom is -0.316 e. The molecule has 0 saturated heterocycles. The predicted octanol–water partition coefficient (Wildman–Crippen LogP) is 5.64. The molecule has 1 aromatic heterocycles. The second kappa shape index (κ2) is 9.32. The molecular formula is C21H19Cl2N3OS. The Hall–Kier alpha value is -2.21. The van der Waals surface area contributed by atoms with Crippen LogP contribution >= 0.6 is 35.0 Å². The lowest BCUT2D eigenvalue weighted by Crippen LogP contribution is -2.19. The highest BCUT2D eigenvalue weighted by atomic mass is 35.5. The molecule has 2 aromatic carbocycles. The molecule has 0 aliphatic rings. The van der Waals surface area contributed by atoms with Crippen molar-refractivity contribution in [3.63, 3.8) is 0 Å². The third kappa shape index (κ3) is 4.79. The van der Waals surface area contributed by atoms with Gasteiger partial charge in [-0.05, 0) is 44.2 Å². The normalized spacial score (nSPS) is 11.1. The Morgan fingerprint density at radius 1 is 1.14 bits per heavy atom. The molecule has 28 heavy (non-hydrogen) atoms. The van der Waals surface area contributed by atoms with Crippen LogP contribution in [0.1, 0.15) is 17.0 Å². The fourth-order valence-electron chi connectivity index (χ4n) is 2.83. The second-order valence-electron chi connectivity index (χ2n) is 6.13. The first kappa shape index (κ1) is 20.5. The Morgan fingerprint density at radius 3 is 2.64 bits per heavy atom. The average molecular weight is 432 g/mol. The van der Waals surface area contributed by atoms with E-state index in [0.717, 1.165) is 27.5 Å². The number of carbonyl (C=O) groups excluding carboxylic acids is 1. The number of thioether (sulfide) groups is 1.